The van der Waals surface area contributed by atoms with E-state index in [-0.39, 0.29) is 0 Å². The number of benzene rings is 1. The Morgan fingerprint density at radius 1 is 1.38 bits per heavy atom. The molecule has 0 unspecified atom stereocenters. The molecule has 13 heavy (non-hydrogen) atoms. The number of hydrogen-bond donors (Lipinski definition) is 1. The van der Waals surface area contributed by atoms with E-state index in [1.807, 2.05) is 12.1 Å². The first-order valence-corrected chi connectivity index (χ1v) is 4.69. The van der Waals surface area contributed by atoms with E-state index in [0.717, 1.165) is 20.9 Å². The first-order valence-electron chi connectivity index (χ1n) is 3.90. The van der Waals surface area contributed by atoms with Gasteiger partial charge >= 0.3 is 0 Å². The molecular weight excluding hydrogens is 230 g/mol. The predicted molar refractivity (Wildman–Crippen MR) is 55.1 cm³/mol. The van der Waals surface area contributed by atoms with Gasteiger partial charge in [-0.1, -0.05) is 22.0 Å². The molecule has 0 radical (unpaired) electrons. The van der Waals surface area contributed by atoms with E-state index in [1.54, 1.807) is 6.20 Å². The molecular formula is C9H8BrN3. The SMILES string of the molecule is NCc1ccc(Br)c2cncnc12. The Morgan fingerprint density at radius 2 is 2.23 bits per heavy atom. The highest BCUT2D eigenvalue weighted by molar-refractivity contribution is 9.10. The van der Waals surface area contributed by atoms with Crippen LogP contribution in [0.15, 0.2) is 29.1 Å². The standard InChI is InChI=1S/C9H8BrN3/c10-8-2-1-6(3-11)9-7(8)4-12-5-13-9/h1-2,4-5H,3,11H2. The molecule has 2 rings (SSSR count). The topological polar surface area (TPSA) is 51.8 Å². The van der Waals surface area contributed by atoms with Gasteiger partial charge in [-0.3, -0.25) is 0 Å². The molecule has 3 nitrogen and oxygen atoms in total. The summed E-state index contributed by atoms with van der Waals surface area (Å²) in [6.45, 7) is 0.501. The molecule has 0 saturated carbocycles. The molecule has 4 heteroatoms. The fraction of sp³-hybridized carbons (Fsp3) is 0.111. The quantitative estimate of drug-likeness (QED) is 0.824. The fourth-order valence-electron chi connectivity index (χ4n) is 1.27. The minimum Gasteiger partial charge on any atom is -0.326 e. The summed E-state index contributed by atoms with van der Waals surface area (Å²) in [5.41, 5.74) is 7.56. The van der Waals surface area contributed by atoms with Crippen molar-refractivity contribution >= 4 is 26.8 Å². The van der Waals surface area contributed by atoms with Crippen molar-refractivity contribution in [1.29, 1.82) is 0 Å². The molecule has 2 aromatic rings. The second-order valence-electron chi connectivity index (χ2n) is 2.70. The van der Waals surface area contributed by atoms with Gasteiger partial charge in [-0.25, -0.2) is 9.97 Å². The van der Waals surface area contributed by atoms with Gasteiger partial charge < -0.3 is 5.73 Å². The summed E-state index contributed by atoms with van der Waals surface area (Å²) in [5.74, 6) is 0. The number of aromatic nitrogens is 2. The molecule has 66 valence electrons. The van der Waals surface area contributed by atoms with Gasteiger partial charge in [0.25, 0.3) is 0 Å². The van der Waals surface area contributed by atoms with E-state index in [2.05, 4.69) is 25.9 Å². The Hall–Kier alpha value is -1.00. The van der Waals surface area contributed by atoms with Gasteiger partial charge in [-0.2, -0.15) is 0 Å². The summed E-state index contributed by atoms with van der Waals surface area (Å²) >= 11 is 3.44. The molecule has 0 aliphatic carbocycles. The van der Waals surface area contributed by atoms with Crippen molar-refractivity contribution in [2.45, 2.75) is 6.54 Å². The molecule has 0 fully saturated rings. The van der Waals surface area contributed by atoms with E-state index < -0.39 is 0 Å². The monoisotopic (exact) mass is 237 g/mol. The number of rotatable bonds is 1. The Bertz CT molecular complexity index is 442. The van der Waals surface area contributed by atoms with E-state index in [9.17, 15) is 0 Å². The lowest BCUT2D eigenvalue weighted by Crippen LogP contribution is -1.98. The van der Waals surface area contributed by atoms with Crippen LogP contribution in [-0.4, -0.2) is 9.97 Å². The lowest BCUT2D eigenvalue weighted by atomic mass is 10.1. The molecule has 0 bridgehead atoms. The highest BCUT2D eigenvalue weighted by Gasteiger charge is 2.03. The van der Waals surface area contributed by atoms with Gasteiger partial charge in [0, 0.05) is 22.6 Å². The van der Waals surface area contributed by atoms with E-state index >= 15 is 0 Å². The molecule has 2 N–H and O–H groups in total. The number of halogens is 1. The molecule has 1 aromatic carbocycles. The highest BCUT2D eigenvalue weighted by atomic mass is 79.9. The molecule has 0 saturated heterocycles. The molecule has 1 heterocycles. The van der Waals surface area contributed by atoms with Crippen LogP contribution in [0.3, 0.4) is 0 Å². The number of fused-ring (bicyclic) bond motifs is 1. The van der Waals surface area contributed by atoms with Crippen LogP contribution in [0.4, 0.5) is 0 Å². The van der Waals surface area contributed by atoms with Crippen LogP contribution in [0.2, 0.25) is 0 Å². The summed E-state index contributed by atoms with van der Waals surface area (Å²) < 4.78 is 1.00. The third kappa shape index (κ3) is 1.43. The Balaban J connectivity index is 2.84. The van der Waals surface area contributed by atoms with Crippen molar-refractivity contribution in [1.82, 2.24) is 9.97 Å². The third-order valence-corrected chi connectivity index (χ3v) is 2.62. The lowest BCUT2D eigenvalue weighted by molar-refractivity contribution is 1.07. The predicted octanol–water partition coefficient (Wildman–Crippen LogP) is 1.85. The van der Waals surface area contributed by atoms with E-state index in [0.29, 0.717) is 6.54 Å². The maximum Gasteiger partial charge on any atom is 0.116 e. The van der Waals surface area contributed by atoms with Crippen molar-refractivity contribution in [2.75, 3.05) is 0 Å². The smallest absolute Gasteiger partial charge is 0.116 e. The molecule has 1 aromatic heterocycles. The Kier molecular flexibility index (Phi) is 2.24. The molecule has 0 amide bonds. The Labute approximate surface area is 84.1 Å². The summed E-state index contributed by atoms with van der Waals surface area (Å²) in [5, 5.41) is 1.01. The lowest BCUT2D eigenvalue weighted by Gasteiger charge is -2.03. The first kappa shape index (κ1) is 8.59. The van der Waals surface area contributed by atoms with E-state index in [1.165, 1.54) is 6.33 Å². The highest BCUT2D eigenvalue weighted by Crippen LogP contribution is 2.23. The van der Waals surface area contributed by atoms with Crippen LogP contribution >= 0.6 is 15.9 Å². The van der Waals surface area contributed by atoms with Gasteiger partial charge in [0.15, 0.2) is 0 Å². The van der Waals surface area contributed by atoms with Crippen LogP contribution < -0.4 is 5.73 Å². The number of hydrogen-bond acceptors (Lipinski definition) is 3. The van der Waals surface area contributed by atoms with Gasteiger partial charge in [-0.05, 0) is 11.6 Å². The van der Waals surface area contributed by atoms with Crippen LogP contribution in [0.5, 0.6) is 0 Å². The largest absolute Gasteiger partial charge is 0.326 e. The van der Waals surface area contributed by atoms with E-state index in [4.69, 9.17) is 5.73 Å². The van der Waals surface area contributed by atoms with Gasteiger partial charge in [0.05, 0.1) is 5.52 Å². The van der Waals surface area contributed by atoms with Gasteiger partial charge in [-0.15, -0.1) is 0 Å². The molecule has 0 aliphatic heterocycles. The zero-order valence-corrected chi connectivity index (χ0v) is 8.45. The molecule has 0 atom stereocenters. The maximum atomic E-state index is 5.59. The van der Waals surface area contributed by atoms with Crippen molar-refractivity contribution in [3.63, 3.8) is 0 Å². The zero-order chi connectivity index (χ0) is 9.26. The van der Waals surface area contributed by atoms with Crippen LogP contribution in [0, 0.1) is 0 Å². The van der Waals surface area contributed by atoms with Crippen molar-refractivity contribution < 1.29 is 0 Å². The average Bonchev–Trinajstić information content (AvgIpc) is 2.19. The van der Waals surface area contributed by atoms with Crippen molar-refractivity contribution in [3.05, 3.63) is 34.7 Å². The summed E-state index contributed by atoms with van der Waals surface area (Å²) in [6, 6.07) is 3.94. The fourth-order valence-corrected chi connectivity index (χ4v) is 1.69. The normalized spacial score (nSPS) is 10.6. The number of nitrogens with zero attached hydrogens (tertiary/aromatic N) is 2. The second-order valence-corrected chi connectivity index (χ2v) is 3.55. The summed E-state index contributed by atoms with van der Waals surface area (Å²) in [7, 11) is 0. The van der Waals surface area contributed by atoms with Crippen LogP contribution in [-0.2, 0) is 6.54 Å². The minimum absolute atomic E-state index is 0.501. The molecule has 0 spiro atoms. The average molecular weight is 238 g/mol. The van der Waals surface area contributed by atoms with Gasteiger partial charge in [0.1, 0.15) is 6.33 Å². The summed E-state index contributed by atoms with van der Waals surface area (Å²) in [6.07, 6.45) is 3.32. The van der Waals surface area contributed by atoms with Gasteiger partial charge in [0.2, 0.25) is 0 Å². The third-order valence-electron chi connectivity index (χ3n) is 1.92. The van der Waals surface area contributed by atoms with Crippen LogP contribution in [0.1, 0.15) is 5.56 Å². The van der Waals surface area contributed by atoms with Crippen molar-refractivity contribution in [2.24, 2.45) is 5.73 Å². The van der Waals surface area contributed by atoms with Crippen LogP contribution in [0.25, 0.3) is 10.9 Å². The van der Waals surface area contributed by atoms with Crippen molar-refractivity contribution in [3.8, 4) is 0 Å². The Morgan fingerprint density at radius 3 is 3.00 bits per heavy atom. The minimum atomic E-state index is 0.501. The zero-order valence-electron chi connectivity index (χ0n) is 6.87. The second kappa shape index (κ2) is 3.40. The summed E-state index contributed by atoms with van der Waals surface area (Å²) in [4.78, 5) is 8.16. The number of nitrogens with two attached hydrogens (primary N) is 1. The first-order chi connectivity index (χ1) is 6.33. The molecule has 0 aliphatic rings. The maximum absolute atomic E-state index is 5.59.